The summed E-state index contributed by atoms with van der Waals surface area (Å²) in [6.45, 7) is 3.72. The van der Waals surface area contributed by atoms with Crippen LogP contribution < -0.4 is 5.32 Å². The van der Waals surface area contributed by atoms with E-state index >= 15 is 0 Å². The number of rotatable bonds is 3. The first-order valence-electron chi connectivity index (χ1n) is 5.54. The Morgan fingerprint density at radius 2 is 1.73 bits per heavy atom. The van der Waals surface area contributed by atoms with Gasteiger partial charge in [0.05, 0.1) is 5.92 Å². The zero-order valence-corrected chi connectivity index (χ0v) is 9.32. The molecule has 15 heavy (non-hydrogen) atoms. The van der Waals surface area contributed by atoms with E-state index in [4.69, 9.17) is 5.11 Å². The standard InChI is InChI=1S/C11H19NO3/c1-7(2)10(13)12-9-5-3-8(4-6-9)11(14)15/h7-9H,3-6H2,1-2H3,(H,12,13)(H,14,15). The molecule has 0 spiro atoms. The first kappa shape index (κ1) is 12.0. The van der Waals surface area contributed by atoms with Crippen LogP contribution >= 0.6 is 0 Å². The topological polar surface area (TPSA) is 66.4 Å². The van der Waals surface area contributed by atoms with Crippen LogP contribution in [0.25, 0.3) is 0 Å². The lowest BCUT2D eigenvalue weighted by atomic mass is 9.86. The molecule has 0 aromatic heterocycles. The minimum Gasteiger partial charge on any atom is -0.481 e. The normalized spacial score (nSPS) is 26.3. The summed E-state index contributed by atoms with van der Waals surface area (Å²) in [7, 11) is 0. The van der Waals surface area contributed by atoms with Crippen molar-refractivity contribution >= 4 is 11.9 Å². The number of aliphatic carboxylic acids is 1. The van der Waals surface area contributed by atoms with Gasteiger partial charge in [0.25, 0.3) is 0 Å². The van der Waals surface area contributed by atoms with Crippen molar-refractivity contribution in [3.8, 4) is 0 Å². The van der Waals surface area contributed by atoms with Gasteiger partial charge in [0.2, 0.25) is 5.91 Å². The number of nitrogens with one attached hydrogen (secondary N) is 1. The van der Waals surface area contributed by atoms with E-state index in [-0.39, 0.29) is 23.8 Å². The SMILES string of the molecule is CC(C)C(=O)NC1CCC(C(=O)O)CC1. The summed E-state index contributed by atoms with van der Waals surface area (Å²) in [6.07, 6.45) is 2.93. The highest BCUT2D eigenvalue weighted by molar-refractivity contribution is 5.78. The molecule has 1 aliphatic carbocycles. The van der Waals surface area contributed by atoms with Gasteiger partial charge in [0.15, 0.2) is 0 Å². The average Bonchev–Trinajstić information content (AvgIpc) is 2.18. The van der Waals surface area contributed by atoms with E-state index in [2.05, 4.69) is 5.32 Å². The number of carboxylic acids is 1. The van der Waals surface area contributed by atoms with Gasteiger partial charge in [-0.15, -0.1) is 0 Å². The van der Waals surface area contributed by atoms with Gasteiger partial charge in [-0.3, -0.25) is 9.59 Å². The number of hydrogen-bond acceptors (Lipinski definition) is 2. The van der Waals surface area contributed by atoms with Crippen molar-refractivity contribution < 1.29 is 14.7 Å². The van der Waals surface area contributed by atoms with Crippen LogP contribution in [0.1, 0.15) is 39.5 Å². The molecule has 1 saturated carbocycles. The van der Waals surface area contributed by atoms with Crippen LogP contribution in [0.4, 0.5) is 0 Å². The summed E-state index contributed by atoms with van der Waals surface area (Å²) in [5.41, 5.74) is 0. The Labute approximate surface area is 90.0 Å². The molecule has 0 unspecified atom stereocenters. The van der Waals surface area contributed by atoms with E-state index in [1.165, 1.54) is 0 Å². The molecule has 0 saturated heterocycles. The fourth-order valence-electron chi connectivity index (χ4n) is 1.85. The fourth-order valence-corrected chi connectivity index (χ4v) is 1.85. The van der Waals surface area contributed by atoms with Gasteiger partial charge in [0, 0.05) is 12.0 Å². The molecule has 1 rings (SSSR count). The zero-order valence-electron chi connectivity index (χ0n) is 9.32. The quantitative estimate of drug-likeness (QED) is 0.744. The highest BCUT2D eigenvalue weighted by atomic mass is 16.4. The second-order valence-electron chi connectivity index (χ2n) is 4.55. The minimum absolute atomic E-state index is 0.00203. The summed E-state index contributed by atoms with van der Waals surface area (Å²) in [5, 5.41) is 11.8. The lowest BCUT2D eigenvalue weighted by Crippen LogP contribution is -2.40. The van der Waals surface area contributed by atoms with Crippen molar-refractivity contribution in [1.82, 2.24) is 5.32 Å². The molecular formula is C11H19NO3. The van der Waals surface area contributed by atoms with Crippen molar-refractivity contribution in [2.24, 2.45) is 11.8 Å². The van der Waals surface area contributed by atoms with E-state index in [0.717, 1.165) is 12.8 Å². The maximum absolute atomic E-state index is 11.4. The highest BCUT2D eigenvalue weighted by Crippen LogP contribution is 2.24. The molecule has 1 fully saturated rings. The Hall–Kier alpha value is -1.06. The Kier molecular flexibility index (Phi) is 4.12. The smallest absolute Gasteiger partial charge is 0.306 e. The molecule has 4 heteroatoms. The molecule has 0 aromatic carbocycles. The molecule has 0 atom stereocenters. The predicted octanol–water partition coefficient (Wildman–Crippen LogP) is 1.40. The maximum atomic E-state index is 11.4. The predicted molar refractivity (Wildman–Crippen MR) is 56.4 cm³/mol. The Morgan fingerprint density at radius 1 is 1.20 bits per heavy atom. The molecule has 0 bridgehead atoms. The lowest BCUT2D eigenvalue weighted by molar-refractivity contribution is -0.142. The molecule has 1 amide bonds. The van der Waals surface area contributed by atoms with Crippen molar-refractivity contribution in [3.63, 3.8) is 0 Å². The molecule has 0 aromatic rings. The van der Waals surface area contributed by atoms with Gasteiger partial charge in [0.1, 0.15) is 0 Å². The summed E-state index contributed by atoms with van der Waals surface area (Å²) in [4.78, 5) is 22.1. The molecule has 86 valence electrons. The first-order chi connectivity index (χ1) is 7.00. The van der Waals surface area contributed by atoms with Gasteiger partial charge in [-0.1, -0.05) is 13.8 Å². The van der Waals surface area contributed by atoms with E-state index in [9.17, 15) is 9.59 Å². The minimum atomic E-state index is -0.705. The van der Waals surface area contributed by atoms with Crippen LogP contribution in [0.15, 0.2) is 0 Å². The summed E-state index contributed by atoms with van der Waals surface area (Å²) in [6, 6.07) is 0.176. The lowest BCUT2D eigenvalue weighted by Gasteiger charge is -2.27. The third-order valence-electron chi connectivity index (χ3n) is 2.95. The van der Waals surface area contributed by atoms with Crippen molar-refractivity contribution in [3.05, 3.63) is 0 Å². The summed E-state index contributed by atoms with van der Waals surface area (Å²) in [5.74, 6) is -0.850. The van der Waals surface area contributed by atoms with E-state index < -0.39 is 5.97 Å². The van der Waals surface area contributed by atoms with Gasteiger partial charge in [-0.2, -0.15) is 0 Å². The summed E-state index contributed by atoms with van der Waals surface area (Å²) >= 11 is 0. The molecule has 0 aliphatic heterocycles. The summed E-state index contributed by atoms with van der Waals surface area (Å²) < 4.78 is 0. The van der Waals surface area contributed by atoms with Crippen LogP contribution in [0.3, 0.4) is 0 Å². The van der Waals surface area contributed by atoms with Crippen molar-refractivity contribution in [1.29, 1.82) is 0 Å². The van der Waals surface area contributed by atoms with Gasteiger partial charge >= 0.3 is 5.97 Å². The van der Waals surface area contributed by atoms with Gasteiger partial charge in [-0.05, 0) is 25.7 Å². The van der Waals surface area contributed by atoms with Crippen LogP contribution in [0.2, 0.25) is 0 Å². The molecule has 1 aliphatic rings. The maximum Gasteiger partial charge on any atom is 0.306 e. The van der Waals surface area contributed by atoms with Gasteiger partial charge in [-0.25, -0.2) is 0 Å². The monoisotopic (exact) mass is 213 g/mol. The largest absolute Gasteiger partial charge is 0.481 e. The number of amides is 1. The molecule has 0 heterocycles. The van der Waals surface area contributed by atoms with Crippen molar-refractivity contribution in [2.75, 3.05) is 0 Å². The second kappa shape index (κ2) is 5.14. The zero-order chi connectivity index (χ0) is 11.4. The van der Waals surface area contributed by atoms with E-state index in [1.54, 1.807) is 0 Å². The third-order valence-corrected chi connectivity index (χ3v) is 2.95. The highest BCUT2D eigenvalue weighted by Gasteiger charge is 2.26. The number of hydrogen-bond donors (Lipinski definition) is 2. The Balaban J connectivity index is 2.32. The van der Waals surface area contributed by atoms with E-state index in [1.807, 2.05) is 13.8 Å². The number of carboxylic acid groups (broad SMARTS) is 1. The van der Waals surface area contributed by atoms with E-state index in [0.29, 0.717) is 12.8 Å². The molecular weight excluding hydrogens is 194 g/mol. The van der Waals surface area contributed by atoms with Gasteiger partial charge < -0.3 is 10.4 Å². The van der Waals surface area contributed by atoms with Crippen LogP contribution in [-0.2, 0) is 9.59 Å². The molecule has 2 N–H and O–H groups in total. The van der Waals surface area contributed by atoms with Crippen LogP contribution in [0, 0.1) is 11.8 Å². The fraction of sp³-hybridized carbons (Fsp3) is 0.818. The molecule has 0 radical (unpaired) electrons. The van der Waals surface area contributed by atoms with Crippen molar-refractivity contribution in [2.45, 2.75) is 45.6 Å². The number of carbonyl (C=O) groups is 2. The van der Waals surface area contributed by atoms with Crippen LogP contribution in [0.5, 0.6) is 0 Å². The van der Waals surface area contributed by atoms with Crippen LogP contribution in [-0.4, -0.2) is 23.0 Å². The second-order valence-corrected chi connectivity index (χ2v) is 4.55. The third kappa shape index (κ3) is 3.53. The first-order valence-corrected chi connectivity index (χ1v) is 5.54. The Morgan fingerprint density at radius 3 is 2.13 bits per heavy atom. The average molecular weight is 213 g/mol. The number of carbonyl (C=O) groups excluding carboxylic acids is 1. The molecule has 4 nitrogen and oxygen atoms in total. The Bertz CT molecular complexity index is 242.